The molecule has 4 fully saturated rings. The molecule has 3 heteroatoms. The van der Waals surface area contributed by atoms with Crippen molar-refractivity contribution >= 4 is 5.82 Å². The van der Waals surface area contributed by atoms with Gasteiger partial charge in [-0.25, -0.2) is 9.97 Å². The number of allylic oxidation sites excluding steroid dienone is 2. The summed E-state index contributed by atoms with van der Waals surface area (Å²) in [6.07, 6.45) is 16.4. The van der Waals surface area contributed by atoms with Crippen LogP contribution in [0.3, 0.4) is 0 Å². The zero-order valence-corrected chi connectivity index (χ0v) is 26.4. The number of anilines is 1. The van der Waals surface area contributed by atoms with Crippen molar-refractivity contribution in [3.8, 4) is 0 Å². The Morgan fingerprint density at radius 2 is 1.62 bits per heavy atom. The summed E-state index contributed by atoms with van der Waals surface area (Å²) in [6, 6.07) is 0. The van der Waals surface area contributed by atoms with Crippen LogP contribution in [-0.4, -0.2) is 23.1 Å². The van der Waals surface area contributed by atoms with Gasteiger partial charge in [0.1, 0.15) is 11.6 Å². The largest absolute Gasteiger partial charge is 0.356 e. The van der Waals surface area contributed by atoms with Gasteiger partial charge in [0.25, 0.3) is 0 Å². The van der Waals surface area contributed by atoms with Crippen molar-refractivity contribution in [1.29, 1.82) is 0 Å². The molecule has 0 unspecified atom stereocenters. The molecule has 1 aliphatic heterocycles. The molecule has 9 atom stereocenters. The van der Waals surface area contributed by atoms with Crippen LogP contribution in [-0.2, 0) is 11.8 Å². The first-order valence-electron chi connectivity index (χ1n) is 16.8. The first-order valence-corrected chi connectivity index (χ1v) is 16.8. The van der Waals surface area contributed by atoms with Crippen molar-refractivity contribution in [1.82, 2.24) is 9.97 Å². The Morgan fingerprint density at radius 3 is 2.36 bits per heavy atom. The summed E-state index contributed by atoms with van der Waals surface area (Å²) in [4.78, 5) is 13.0. The third-order valence-corrected chi connectivity index (χ3v) is 14.7. The summed E-state index contributed by atoms with van der Waals surface area (Å²) < 4.78 is 0. The lowest BCUT2D eigenvalue weighted by Crippen LogP contribution is -2.64. The fraction of sp³-hybridized carbons (Fsp3) is 0.833. The molecule has 3 saturated carbocycles. The molecule has 0 bridgehead atoms. The fourth-order valence-corrected chi connectivity index (χ4v) is 12.3. The minimum Gasteiger partial charge on any atom is -0.356 e. The Balaban J connectivity index is 1.34. The molecule has 1 saturated heterocycles. The second kappa shape index (κ2) is 8.57. The number of aryl methyl sites for hydroxylation is 1. The van der Waals surface area contributed by atoms with Gasteiger partial charge in [0.2, 0.25) is 0 Å². The maximum atomic E-state index is 5.23. The third kappa shape index (κ3) is 3.40. The Labute approximate surface area is 239 Å². The van der Waals surface area contributed by atoms with Crippen molar-refractivity contribution in [2.75, 3.05) is 18.0 Å². The summed E-state index contributed by atoms with van der Waals surface area (Å²) in [6.45, 7) is 22.9. The van der Waals surface area contributed by atoms with Gasteiger partial charge in [0.15, 0.2) is 0 Å². The van der Waals surface area contributed by atoms with Crippen LogP contribution in [0.15, 0.2) is 11.6 Å². The monoisotopic (exact) mass is 529 g/mol. The highest BCUT2D eigenvalue weighted by Gasteiger charge is 2.67. The minimum absolute atomic E-state index is 0.0850. The van der Waals surface area contributed by atoms with Crippen LogP contribution in [0, 0.1) is 58.7 Å². The number of nitrogens with zero attached hydrogens (tertiary/aromatic N) is 3. The second-order valence-electron chi connectivity index (χ2n) is 16.5. The van der Waals surface area contributed by atoms with E-state index < -0.39 is 0 Å². The highest BCUT2D eigenvalue weighted by Crippen LogP contribution is 2.74. The van der Waals surface area contributed by atoms with E-state index in [2.05, 4.69) is 66.4 Å². The predicted molar refractivity (Wildman–Crippen MR) is 162 cm³/mol. The number of rotatable bonds is 1. The molecule has 214 valence electrons. The molecule has 0 aromatic carbocycles. The minimum atomic E-state index is 0.0850. The van der Waals surface area contributed by atoms with Crippen molar-refractivity contribution in [3.63, 3.8) is 0 Å². The molecule has 7 rings (SSSR count). The molecule has 0 radical (unpaired) electrons. The topological polar surface area (TPSA) is 29.0 Å². The van der Waals surface area contributed by atoms with Gasteiger partial charge in [-0.2, -0.15) is 0 Å². The molecule has 39 heavy (non-hydrogen) atoms. The average molecular weight is 530 g/mol. The third-order valence-electron chi connectivity index (χ3n) is 14.7. The normalized spacial score (nSPS) is 46.4. The molecule has 1 aromatic rings. The van der Waals surface area contributed by atoms with Crippen LogP contribution < -0.4 is 4.90 Å². The SMILES string of the molecule is Cc1nc(N2CCCC2)c2c(n1)C(C)(C)[C@@H]1CC[C@]3(C)[C@H](CC=C4[C@H]5[C@@H](CC[C@@H](C)[C@@H]5C)CC[C@]43C)[C@@]1(C)C2. The van der Waals surface area contributed by atoms with E-state index in [9.17, 15) is 0 Å². The van der Waals surface area contributed by atoms with Gasteiger partial charge in [-0.05, 0) is 116 Å². The van der Waals surface area contributed by atoms with Gasteiger partial charge in [-0.3, -0.25) is 0 Å². The molecular weight excluding hydrogens is 474 g/mol. The van der Waals surface area contributed by atoms with Crippen LogP contribution in [0.4, 0.5) is 5.82 Å². The van der Waals surface area contributed by atoms with Gasteiger partial charge in [-0.1, -0.05) is 66.5 Å². The zero-order valence-electron chi connectivity index (χ0n) is 26.4. The van der Waals surface area contributed by atoms with Crippen molar-refractivity contribution in [3.05, 3.63) is 28.7 Å². The Hall–Kier alpha value is -1.38. The Kier molecular flexibility index (Phi) is 5.83. The molecule has 6 aliphatic rings. The van der Waals surface area contributed by atoms with Crippen molar-refractivity contribution < 1.29 is 0 Å². The van der Waals surface area contributed by atoms with Crippen molar-refractivity contribution in [2.45, 2.75) is 125 Å². The van der Waals surface area contributed by atoms with Crippen LogP contribution in [0.2, 0.25) is 0 Å². The molecule has 3 nitrogen and oxygen atoms in total. The van der Waals surface area contributed by atoms with E-state index in [1.807, 2.05) is 5.57 Å². The molecule has 0 amide bonds. The maximum Gasteiger partial charge on any atom is 0.135 e. The second-order valence-corrected chi connectivity index (χ2v) is 16.5. The van der Waals surface area contributed by atoms with E-state index in [1.54, 1.807) is 0 Å². The van der Waals surface area contributed by atoms with Gasteiger partial charge in [0.05, 0.1) is 5.69 Å². The van der Waals surface area contributed by atoms with Crippen LogP contribution >= 0.6 is 0 Å². The van der Waals surface area contributed by atoms with Crippen LogP contribution in [0.25, 0.3) is 0 Å². The molecule has 2 heterocycles. The number of hydrogen-bond donors (Lipinski definition) is 0. The maximum absolute atomic E-state index is 5.23. The van der Waals surface area contributed by atoms with E-state index in [0.29, 0.717) is 16.7 Å². The predicted octanol–water partition coefficient (Wildman–Crippen LogP) is 8.69. The molecule has 0 spiro atoms. The molecule has 5 aliphatic carbocycles. The first kappa shape index (κ1) is 26.5. The smallest absolute Gasteiger partial charge is 0.135 e. The first-order chi connectivity index (χ1) is 18.4. The lowest BCUT2D eigenvalue weighted by atomic mass is 9.34. The Morgan fingerprint density at radius 1 is 0.872 bits per heavy atom. The molecular formula is C36H55N3. The quantitative estimate of drug-likeness (QED) is 0.341. The lowest BCUT2D eigenvalue weighted by molar-refractivity contribution is -0.153. The van der Waals surface area contributed by atoms with Gasteiger partial charge in [-0.15, -0.1) is 0 Å². The summed E-state index contributed by atoms with van der Waals surface area (Å²) in [7, 11) is 0. The van der Waals surface area contributed by atoms with E-state index in [0.717, 1.165) is 48.5 Å². The van der Waals surface area contributed by atoms with Crippen molar-refractivity contribution in [2.24, 2.45) is 51.8 Å². The van der Waals surface area contributed by atoms with Crippen LogP contribution in [0.5, 0.6) is 0 Å². The highest BCUT2D eigenvalue weighted by molar-refractivity contribution is 5.54. The highest BCUT2D eigenvalue weighted by atomic mass is 15.2. The summed E-state index contributed by atoms with van der Waals surface area (Å²) in [5.41, 5.74) is 5.89. The summed E-state index contributed by atoms with van der Waals surface area (Å²) in [5, 5.41) is 0. The average Bonchev–Trinajstić information content (AvgIpc) is 3.41. The molecule has 1 aromatic heterocycles. The van der Waals surface area contributed by atoms with E-state index in [4.69, 9.17) is 9.97 Å². The van der Waals surface area contributed by atoms with Gasteiger partial charge < -0.3 is 4.90 Å². The number of aromatic nitrogens is 2. The van der Waals surface area contributed by atoms with E-state index >= 15 is 0 Å². The van der Waals surface area contributed by atoms with E-state index in [1.165, 1.54) is 81.3 Å². The zero-order chi connectivity index (χ0) is 27.5. The number of hydrogen-bond acceptors (Lipinski definition) is 3. The van der Waals surface area contributed by atoms with Gasteiger partial charge >= 0.3 is 0 Å². The number of fused-ring (bicyclic) bond motifs is 8. The summed E-state index contributed by atoms with van der Waals surface area (Å²) in [5.74, 6) is 7.15. The lowest BCUT2D eigenvalue weighted by Gasteiger charge is -2.70. The van der Waals surface area contributed by atoms with Gasteiger partial charge in [0, 0.05) is 24.1 Å². The standard InChI is InChI=1S/C36H55N3/c1-22-11-12-25-15-17-35(7)27(30(25)23(22)2)13-14-29-34(6)21-26-31(33(4,5)28(34)16-18-36(29,35)8)37-24(3)38-32(26)39-19-9-10-20-39/h13,22-23,25,28-30H,9-12,14-21H2,1-8H3/t22-,23+,25+,28+,29-,30-,34+,35-,36-/m1/s1. The fourth-order valence-electron chi connectivity index (χ4n) is 12.3. The Bertz CT molecular complexity index is 1190. The molecule has 0 N–H and O–H groups in total. The van der Waals surface area contributed by atoms with E-state index in [-0.39, 0.29) is 10.8 Å². The van der Waals surface area contributed by atoms with Crippen LogP contribution in [0.1, 0.15) is 123 Å². The summed E-state index contributed by atoms with van der Waals surface area (Å²) >= 11 is 0.